The molecule has 0 unspecified atom stereocenters. The molecule has 0 spiro atoms. The number of rotatable bonds is 1. The molecule has 9 aromatic rings. The molecule has 0 fully saturated rings. The van der Waals surface area contributed by atoms with Crippen LogP contribution in [0.4, 0.5) is 0 Å². The third-order valence-corrected chi connectivity index (χ3v) is 8.05. The lowest BCUT2D eigenvalue weighted by molar-refractivity contribution is 1.18. The second-order valence-corrected chi connectivity index (χ2v) is 9.97. The highest BCUT2D eigenvalue weighted by molar-refractivity contribution is 6.27. The van der Waals surface area contributed by atoms with E-state index in [2.05, 4.69) is 130 Å². The van der Waals surface area contributed by atoms with E-state index in [4.69, 9.17) is 0 Å². The van der Waals surface area contributed by atoms with Crippen molar-refractivity contribution in [1.29, 1.82) is 0 Å². The lowest BCUT2D eigenvalue weighted by atomic mass is 10.0. The SMILES string of the molecule is c1ccc2c(c1)[nH]c1c2ccc2ccc3c4ccc(-n5c6ccccc6c6ccccc65)cc4[nH]c3c21. The molecule has 3 heterocycles. The number of nitrogens with zero attached hydrogens (tertiary/aromatic N) is 1. The predicted octanol–water partition coefficient (Wildman–Crippen LogP) is 9.21. The predicted molar refractivity (Wildman–Crippen MR) is 157 cm³/mol. The van der Waals surface area contributed by atoms with E-state index in [1.54, 1.807) is 0 Å². The molecule has 9 rings (SSSR count). The second kappa shape index (κ2) is 6.80. The second-order valence-electron chi connectivity index (χ2n) is 9.97. The lowest BCUT2D eigenvalue weighted by Gasteiger charge is -2.08. The van der Waals surface area contributed by atoms with Crippen LogP contribution >= 0.6 is 0 Å². The number of hydrogen-bond donors (Lipinski definition) is 2. The highest BCUT2D eigenvalue weighted by Gasteiger charge is 2.15. The van der Waals surface area contributed by atoms with Gasteiger partial charge in [-0.2, -0.15) is 0 Å². The van der Waals surface area contributed by atoms with Gasteiger partial charge in [0.15, 0.2) is 0 Å². The molecule has 0 atom stereocenters. The molecular formula is C34H21N3. The van der Waals surface area contributed by atoms with Gasteiger partial charge in [-0.3, -0.25) is 0 Å². The highest BCUT2D eigenvalue weighted by Crippen LogP contribution is 2.39. The maximum atomic E-state index is 3.82. The first-order valence-electron chi connectivity index (χ1n) is 12.7. The summed E-state index contributed by atoms with van der Waals surface area (Å²) >= 11 is 0. The van der Waals surface area contributed by atoms with E-state index in [1.807, 2.05) is 0 Å². The van der Waals surface area contributed by atoms with Gasteiger partial charge in [0.25, 0.3) is 0 Å². The molecule has 37 heavy (non-hydrogen) atoms. The maximum Gasteiger partial charge on any atom is 0.0565 e. The maximum absolute atomic E-state index is 3.82. The van der Waals surface area contributed by atoms with Gasteiger partial charge >= 0.3 is 0 Å². The van der Waals surface area contributed by atoms with Gasteiger partial charge in [0.05, 0.1) is 22.1 Å². The molecule has 0 aliphatic heterocycles. The Labute approximate surface area is 211 Å². The van der Waals surface area contributed by atoms with E-state index in [9.17, 15) is 0 Å². The van der Waals surface area contributed by atoms with Crippen molar-refractivity contribution in [2.75, 3.05) is 0 Å². The summed E-state index contributed by atoms with van der Waals surface area (Å²) in [4.78, 5) is 7.53. The molecule has 2 N–H and O–H groups in total. The van der Waals surface area contributed by atoms with E-state index in [0.29, 0.717) is 0 Å². The lowest BCUT2D eigenvalue weighted by Crippen LogP contribution is -1.93. The standard InChI is InChI=1S/C34H21N3/c1-4-10-28-22(7-1)26-16-13-20-14-17-27-23-18-15-21(19-29(23)36-34(27)32(20)33(26)35-28)37-30-11-5-2-8-24(30)25-9-3-6-12-31(25)37/h1-19,35-36H. The van der Waals surface area contributed by atoms with Crippen molar-refractivity contribution in [3.05, 3.63) is 115 Å². The fourth-order valence-electron chi connectivity index (χ4n) is 6.43. The topological polar surface area (TPSA) is 36.5 Å². The molecule has 172 valence electrons. The van der Waals surface area contributed by atoms with Crippen LogP contribution in [0.5, 0.6) is 0 Å². The Morgan fingerprint density at radius 2 is 0.973 bits per heavy atom. The van der Waals surface area contributed by atoms with Crippen molar-refractivity contribution in [1.82, 2.24) is 14.5 Å². The summed E-state index contributed by atoms with van der Waals surface area (Å²) in [6.07, 6.45) is 0. The van der Waals surface area contributed by atoms with Crippen molar-refractivity contribution >= 4 is 76.2 Å². The largest absolute Gasteiger partial charge is 0.354 e. The van der Waals surface area contributed by atoms with E-state index in [-0.39, 0.29) is 0 Å². The van der Waals surface area contributed by atoms with Gasteiger partial charge in [0, 0.05) is 54.4 Å². The summed E-state index contributed by atoms with van der Waals surface area (Å²) in [5.41, 5.74) is 8.31. The van der Waals surface area contributed by atoms with Crippen molar-refractivity contribution in [2.24, 2.45) is 0 Å². The third kappa shape index (κ3) is 2.45. The zero-order valence-corrected chi connectivity index (χ0v) is 19.9. The number of aromatic nitrogens is 3. The van der Waals surface area contributed by atoms with Gasteiger partial charge in [0.1, 0.15) is 0 Å². The summed E-state index contributed by atoms with van der Waals surface area (Å²) < 4.78 is 2.38. The molecule has 0 amide bonds. The Bertz CT molecular complexity index is 2310. The number of fused-ring (bicyclic) bond motifs is 12. The average Bonchev–Trinajstić information content (AvgIpc) is 3.61. The summed E-state index contributed by atoms with van der Waals surface area (Å²) in [5.74, 6) is 0. The van der Waals surface area contributed by atoms with Gasteiger partial charge in [-0.15, -0.1) is 0 Å². The van der Waals surface area contributed by atoms with Crippen molar-refractivity contribution < 1.29 is 0 Å². The van der Waals surface area contributed by atoms with E-state index < -0.39 is 0 Å². The Kier molecular flexibility index (Phi) is 3.53. The number of benzene rings is 6. The van der Waals surface area contributed by atoms with E-state index in [0.717, 1.165) is 11.2 Å². The van der Waals surface area contributed by atoms with Crippen LogP contribution in [0.1, 0.15) is 0 Å². The van der Waals surface area contributed by atoms with Crippen LogP contribution in [0.3, 0.4) is 0 Å². The van der Waals surface area contributed by atoms with Crippen LogP contribution in [0.15, 0.2) is 115 Å². The van der Waals surface area contributed by atoms with Crippen molar-refractivity contribution in [3.8, 4) is 5.69 Å². The fraction of sp³-hybridized carbons (Fsp3) is 0. The molecule has 0 saturated heterocycles. The first-order valence-corrected chi connectivity index (χ1v) is 12.7. The monoisotopic (exact) mass is 471 g/mol. The van der Waals surface area contributed by atoms with Crippen LogP contribution in [0.2, 0.25) is 0 Å². The van der Waals surface area contributed by atoms with Crippen LogP contribution < -0.4 is 0 Å². The molecule has 3 heteroatoms. The van der Waals surface area contributed by atoms with E-state index in [1.165, 1.54) is 70.7 Å². The highest BCUT2D eigenvalue weighted by atomic mass is 15.0. The molecule has 0 bridgehead atoms. The van der Waals surface area contributed by atoms with Crippen LogP contribution in [0, 0.1) is 0 Å². The minimum absolute atomic E-state index is 1.15. The van der Waals surface area contributed by atoms with Gasteiger partial charge in [-0.05, 0) is 35.7 Å². The molecule has 0 radical (unpaired) electrons. The Hall–Kier alpha value is -5.02. The zero-order chi connectivity index (χ0) is 24.1. The minimum Gasteiger partial charge on any atom is -0.354 e. The minimum atomic E-state index is 1.15. The summed E-state index contributed by atoms with van der Waals surface area (Å²) in [7, 11) is 0. The molecule has 0 aliphatic rings. The average molecular weight is 472 g/mol. The quantitative estimate of drug-likeness (QED) is 0.239. The number of para-hydroxylation sites is 3. The van der Waals surface area contributed by atoms with Crippen LogP contribution in [0.25, 0.3) is 81.9 Å². The summed E-state index contributed by atoms with van der Waals surface area (Å²) in [5, 5.41) is 10.1. The van der Waals surface area contributed by atoms with Crippen molar-refractivity contribution in [3.63, 3.8) is 0 Å². The van der Waals surface area contributed by atoms with Crippen LogP contribution in [-0.2, 0) is 0 Å². The number of hydrogen-bond acceptors (Lipinski definition) is 0. The Balaban J connectivity index is 1.38. The van der Waals surface area contributed by atoms with Gasteiger partial charge < -0.3 is 14.5 Å². The molecule has 0 aliphatic carbocycles. The third-order valence-electron chi connectivity index (χ3n) is 8.05. The summed E-state index contributed by atoms with van der Waals surface area (Å²) in [6, 6.07) is 41.7. The normalized spacial score (nSPS) is 12.3. The molecule has 3 nitrogen and oxygen atoms in total. The van der Waals surface area contributed by atoms with Crippen LogP contribution in [-0.4, -0.2) is 14.5 Å². The number of aromatic amines is 2. The first-order chi connectivity index (χ1) is 18.3. The fourth-order valence-corrected chi connectivity index (χ4v) is 6.43. The zero-order valence-electron chi connectivity index (χ0n) is 19.9. The number of H-pyrrole nitrogens is 2. The Morgan fingerprint density at radius 1 is 0.432 bits per heavy atom. The molecule has 3 aromatic heterocycles. The smallest absolute Gasteiger partial charge is 0.0565 e. The molecular weight excluding hydrogens is 450 g/mol. The summed E-state index contributed by atoms with van der Waals surface area (Å²) in [6.45, 7) is 0. The molecule has 0 saturated carbocycles. The Morgan fingerprint density at radius 3 is 1.68 bits per heavy atom. The van der Waals surface area contributed by atoms with E-state index >= 15 is 0 Å². The molecule has 6 aromatic carbocycles. The van der Waals surface area contributed by atoms with Gasteiger partial charge in [-0.1, -0.05) is 84.9 Å². The van der Waals surface area contributed by atoms with Gasteiger partial charge in [0.2, 0.25) is 0 Å². The number of nitrogens with one attached hydrogen (secondary N) is 2. The first kappa shape index (κ1) is 19.2. The van der Waals surface area contributed by atoms with Crippen molar-refractivity contribution in [2.45, 2.75) is 0 Å². The van der Waals surface area contributed by atoms with Gasteiger partial charge in [-0.25, -0.2) is 0 Å².